The third-order valence-electron chi connectivity index (χ3n) is 6.00. The molecule has 0 aliphatic rings. The molecule has 2 unspecified atom stereocenters. The SMILES string of the molecule is CCCC(C(O)Cc1ccccc1)n1nc(CC)c2c(=O)[nH]c(Cc3ccc(N)cc3)nc21. The second-order valence-electron chi connectivity index (χ2n) is 8.49. The summed E-state index contributed by atoms with van der Waals surface area (Å²) in [5.74, 6) is 0.564. The Hall–Kier alpha value is -3.45. The first-order valence-electron chi connectivity index (χ1n) is 11.6. The van der Waals surface area contributed by atoms with E-state index in [0.717, 1.165) is 24.0 Å². The summed E-state index contributed by atoms with van der Waals surface area (Å²) < 4.78 is 1.78. The van der Waals surface area contributed by atoms with Crippen LogP contribution in [0.5, 0.6) is 0 Å². The van der Waals surface area contributed by atoms with E-state index in [1.807, 2.05) is 61.5 Å². The maximum atomic E-state index is 13.0. The topological polar surface area (TPSA) is 110 Å². The van der Waals surface area contributed by atoms with E-state index in [1.165, 1.54) is 0 Å². The summed E-state index contributed by atoms with van der Waals surface area (Å²) in [4.78, 5) is 20.8. The summed E-state index contributed by atoms with van der Waals surface area (Å²) in [6, 6.07) is 17.2. The molecule has 0 bridgehead atoms. The van der Waals surface area contributed by atoms with Crippen molar-refractivity contribution in [2.45, 2.75) is 58.1 Å². The first kappa shape index (κ1) is 22.7. The number of hydrogen-bond donors (Lipinski definition) is 3. The van der Waals surface area contributed by atoms with Gasteiger partial charge >= 0.3 is 0 Å². The van der Waals surface area contributed by atoms with Gasteiger partial charge in [-0.15, -0.1) is 0 Å². The predicted molar refractivity (Wildman–Crippen MR) is 131 cm³/mol. The van der Waals surface area contributed by atoms with Crippen LogP contribution in [0.2, 0.25) is 0 Å². The molecule has 0 spiro atoms. The van der Waals surface area contributed by atoms with Crippen molar-refractivity contribution in [2.75, 3.05) is 5.73 Å². The van der Waals surface area contributed by atoms with Crippen LogP contribution in [-0.4, -0.2) is 31.0 Å². The van der Waals surface area contributed by atoms with Crippen LogP contribution >= 0.6 is 0 Å². The molecule has 33 heavy (non-hydrogen) atoms. The zero-order valence-corrected chi connectivity index (χ0v) is 19.2. The van der Waals surface area contributed by atoms with Crippen molar-refractivity contribution in [3.63, 3.8) is 0 Å². The number of H-pyrrole nitrogens is 1. The molecule has 0 aliphatic heterocycles. The molecular weight excluding hydrogens is 414 g/mol. The lowest BCUT2D eigenvalue weighted by molar-refractivity contribution is 0.102. The summed E-state index contributed by atoms with van der Waals surface area (Å²) >= 11 is 0. The van der Waals surface area contributed by atoms with E-state index in [-0.39, 0.29) is 11.6 Å². The van der Waals surface area contributed by atoms with Gasteiger partial charge in [0.15, 0.2) is 5.65 Å². The van der Waals surface area contributed by atoms with Gasteiger partial charge < -0.3 is 15.8 Å². The number of nitrogens with zero attached hydrogens (tertiary/aromatic N) is 3. The number of anilines is 1. The van der Waals surface area contributed by atoms with Gasteiger partial charge in [0.1, 0.15) is 11.2 Å². The van der Waals surface area contributed by atoms with Crippen LogP contribution in [0.25, 0.3) is 11.0 Å². The Morgan fingerprint density at radius 3 is 2.45 bits per heavy atom. The van der Waals surface area contributed by atoms with Gasteiger partial charge in [0.2, 0.25) is 0 Å². The van der Waals surface area contributed by atoms with Crippen molar-refractivity contribution in [3.05, 3.63) is 87.6 Å². The Balaban J connectivity index is 1.76. The Bertz CT molecular complexity index is 1260. The fraction of sp³-hybridized carbons (Fsp3) is 0.346. The van der Waals surface area contributed by atoms with Crippen LogP contribution in [0.1, 0.15) is 55.4 Å². The molecule has 0 saturated heterocycles. The molecule has 2 aromatic heterocycles. The van der Waals surface area contributed by atoms with E-state index in [4.69, 9.17) is 15.8 Å². The van der Waals surface area contributed by atoms with Gasteiger partial charge in [-0.25, -0.2) is 9.67 Å². The number of benzene rings is 2. The van der Waals surface area contributed by atoms with E-state index in [1.54, 1.807) is 4.68 Å². The number of hydrogen-bond acceptors (Lipinski definition) is 5. The third kappa shape index (κ3) is 4.98. The largest absolute Gasteiger partial charge is 0.399 e. The molecule has 4 rings (SSSR count). The van der Waals surface area contributed by atoms with Gasteiger partial charge in [0.05, 0.1) is 17.8 Å². The number of aliphatic hydroxyl groups is 1. The summed E-state index contributed by atoms with van der Waals surface area (Å²) in [7, 11) is 0. The van der Waals surface area contributed by atoms with E-state index < -0.39 is 6.10 Å². The molecule has 0 fully saturated rings. The minimum Gasteiger partial charge on any atom is -0.399 e. The second kappa shape index (κ2) is 10.0. The maximum Gasteiger partial charge on any atom is 0.262 e. The van der Waals surface area contributed by atoms with Crippen LogP contribution in [0.4, 0.5) is 5.69 Å². The van der Waals surface area contributed by atoms with Crippen molar-refractivity contribution >= 4 is 16.7 Å². The number of nitrogens with two attached hydrogens (primary N) is 1. The molecule has 0 radical (unpaired) electrons. The van der Waals surface area contributed by atoms with Gasteiger partial charge in [-0.1, -0.05) is 62.7 Å². The number of aliphatic hydroxyl groups excluding tert-OH is 1. The number of aromatic amines is 1. The molecule has 0 amide bonds. The molecule has 2 atom stereocenters. The van der Waals surface area contributed by atoms with Crippen molar-refractivity contribution in [1.82, 2.24) is 19.7 Å². The quantitative estimate of drug-likeness (QED) is 0.340. The lowest BCUT2D eigenvalue weighted by Gasteiger charge is -2.23. The predicted octanol–water partition coefficient (Wildman–Crippen LogP) is 3.80. The summed E-state index contributed by atoms with van der Waals surface area (Å²) in [5, 5.41) is 16.5. The molecule has 7 heteroatoms. The van der Waals surface area contributed by atoms with E-state index in [2.05, 4.69) is 11.9 Å². The summed E-state index contributed by atoms with van der Waals surface area (Å²) in [6.45, 7) is 4.06. The van der Waals surface area contributed by atoms with Crippen molar-refractivity contribution < 1.29 is 5.11 Å². The number of nitrogen functional groups attached to an aromatic ring is 1. The Labute approximate surface area is 193 Å². The number of aromatic nitrogens is 4. The van der Waals surface area contributed by atoms with Crippen LogP contribution in [0.3, 0.4) is 0 Å². The number of aryl methyl sites for hydroxylation is 1. The van der Waals surface area contributed by atoms with Gasteiger partial charge in [0.25, 0.3) is 5.56 Å². The Kier molecular flexibility index (Phi) is 6.89. The van der Waals surface area contributed by atoms with Gasteiger partial charge in [-0.3, -0.25) is 4.79 Å². The normalized spacial score (nSPS) is 13.3. The van der Waals surface area contributed by atoms with Crippen molar-refractivity contribution in [2.24, 2.45) is 0 Å². The fourth-order valence-corrected chi connectivity index (χ4v) is 4.32. The average molecular weight is 446 g/mol. The second-order valence-corrected chi connectivity index (χ2v) is 8.49. The summed E-state index contributed by atoms with van der Waals surface area (Å²) in [5.41, 5.74) is 9.59. The zero-order valence-electron chi connectivity index (χ0n) is 19.2. The molecule has 4 aromatic rings. The third-order valence-corrected chi connectivity index (χ3v) is 6.00. The molecule has 7 nitrogen and oxygen atoms in total. The van der Waals surface area contributed by atoms with Crippen molar-refractivity contribution in [1.29, 1.82) is 0 Å². The fourth-order valence-electron chi connectivity index (χ4n) is 4.32. The highest BCUT2D eigenvalue weighted by Gasteiger charge is 2.26. The van der Waals surface area contributed by atoms with Crippen LogP contribution in [0.15, 0.2) is 59.4 Å². The van der Waals surface area contributed by atoms with Crippen molar-refractivity contribution in [3.8, 4) is 0 Å². The first-order valence-corrected chi connectivity index (χ1v) is 11.6. The first-order chi connectivity index (χ1) is 16.0. The van der Waals surface area contributed by atoms with Gasteiger partial charge in [-0.2, -0.15) is 5.10 Å². The monoisotopic (exact) mass is 445 g/mol. The number of nitrogens with one attached hydrogen (secondary N) is 1. The highest BCUT2D eigenvalue weighted by molar-refractivity contribution is 5.77. The lowest BCUT2D eigenvalue weighted by atomic mass is 9.99. The van der Waals surface area contributed by atoms with E-state index in [9.17, 15) is 9.90 Å². The minimum absolute atomic E-state index is 0.193. The van der Waals surface area contributed by atoms with E-state index >= 15 is 0 Å². The van der Waals surface area contributed by atoms with E-state index in [0.29, 0.717) is 47.5 Å². The smallest absolute Gasteiger partial charge is 0.262 e. The standard InChI is InChI=1S/C26H31N5O2/c1-3-8-21(22(32)15-17-9-6-5-7-10-17)31-25-24(20(4-2)30-31)26(33)29-23(28-25)16-18-11-13-19(27)14-12-18/h5-7,9-14,21-22,32H,3-4,8,15-16,27H2,1-2H3,(H,28,29,33). The van der Waals surface area contributed by atoms with Crippen LogP contribution in [0, 0.1) is 0 Å². The number of rotatable bonds is 9. The summed E-state index contributed by atoms with van der Waals surface area (Å²) in [6.07, 6.45) is 2.55. The minimum atomic E-state index is -0.651. The molecule has 4 N–H and O–H groups in total. The molecule has 2 heterocycles. The Morgan fingerprint density at radius 1 is 1.06 bits per heavy atom. The maximum absolute atomic E-state index is 13.0. The molecule has 172 valence electrons. The highest BCUT2D eigenvalue weighted by Crippen LogP contribution is 2.26. The van der Waals surface area contributed by atoms with Crippen LogP contribution in [-0.2, 0) is 19.3 Å². The van der Waals surface area contributed by atoms with Gasteiger partial charge in [-0.05, 0) is 36.1 Å². The lowest BCUT2D eigenvalue weighted by Crippen LogP contribution is -2.28. The number of fused-ring (bicyclic) bond motifs is 1. The molecule has 2 aromatic carbocycles. The zero-order chi connectivity index (χ0) is 23.4. The Morgan fingerprint density at radius 2 is 1.79 bits per heavy atom. The average Bonchev–Trinajstić information content (AvgIpc) is 3.18. The highest BCUT2D eigenvalue weighted by atomic mass is 16.3. The molecular formula is C26H31N5O2. The van der Waals surface area contributed by atoms with Gasteiger partial charge in [0, 0.05) is 18.5 Å². The van der Waals surface area contributed by atoms with Crippen LogP contribution < -0.4 is 11.3 Å². The molecule has 0 aliphatic carbocycles. The molecule has 0 saturated carbocycles.